The molecule has 1 unspecified atom stereocenters. The van der Waals surface area contributed by atoms with E-state index in [1.807, 2.05) is 0 Å². The van der Waals surface area contributed by atoms with Gasteiger partial charge in [-0.15, -0.1) is 0 Å². The Morgan fingerprint density at radius 3 is 0.859 bits per heavy atom. The molecule has 0 aliphatic rings. The third kappa shape index (κ3) is 62.4. The first-order chi connectivity index (χ1) is 38.5. The lowest BCUT2D eigenvalue weighted by molar-refractivity contribution is -0.167. The van der Waals surface area contributed by atoms with Crippen molar-refractivity contribution in [2.45, 2.75) is 290 Å². The van der Waals surface area contributed by atoms with E-state index in [0.29, 0.717) is 25.7 Å². The largest absolute Gasteiger partial charge is 0.462 e. The molecule has 0 bridgehead atoms. The van der Waals surface area contributed by atoms with Gasteiger partial charge < -0.3 is 14.2 Å². The molecule has 0 aromatic carbocycles. The first-order valence-electron chi connectivity index (χ1n) is 32.2. The number of unbranched alkanes of at least 4 members (excludes halogenated alkanes) is 24. The highest BCUT2D eigenvalue weighted by Crippen LogP contribution is 2.16. The average Bonchev–Trinajstić information content (AvgIpc) is 3.44. The third-order valence-electron chi connectivity index (χ3n) is 13.4. The molecule has 0 amide bonds. The molecule has 1 atom stereocenters. The van der Waals surface area contributed by atoms with E-state index in [1.165, 1.54) is 109 Å². The summed E-state index contributed by atoms with van der Waals surface area (Å²) in [6.07, 6.45) is 91.8. The van der Waals surface area contributed by atoms with Gasteiger partial charge in [-0.25, -0.2) is 0 Å². The lowest BCUT2D eigenvalue weighted by Crippen LogP contribution is -2.30. The standard InChI is InChI=1S/C72H118O6/c1-4-7-10-13-16-19-22-24-26-28-29-30-31-32-33-34-35-36-37-38-39-40-41-42-43-44-46-47-50-53-56-59-62-65-71(74)77-68-69(67-76-70(73)64-61-58-55-52-49-21-18-15-12-9-6-3)78-72(75)66-63-60-57-54-51-48-45-27-25-23-20-17-14-11-8-5-2/h7,10,15-16,18-19,24,26,29-30,32-33,35-36,38-39,41-42,44,46,50,53,69H,4-6,8-9,11-14,17,20-23,25,27-28,31,34,37,40,43,45,47-49,51-52,54-68H2,1-3H3/b10-7-,18-15-,19-16-,26-24-,30-29-,33-32-,36-35-,39-38-,42-41-,46-44-,53-50-. The molecule has 0 heterocycles. The van der Waals surface area contributed by atoms with Crippen LogP contribution in [0.4, 0.5) is 0 Å². The topological polar surface area (TPSA) is 78.9 Å². The summed E-state index contributed by atoms with van der Waals surface area (Å²) in [6, 6.07) is 0. The van der Waals surface area contributed by atoms with E-state index in [1.54, 1.807) is 0 Å². The van der Waals surface area contributed by atoms with Crippen molar-refractivity contribution in [3.8, 4) is 0 Å². The Labute approximate surface area is 481 Å². The molecule has 0 aliphatic heterocycles. The van der Waals surface area contributed by atoms with Crippen LogP contribution in [0.1, 0.15) is 284 Å². The molecular weight excluding hydrogens is 961 g/mol. The predicted molar refractivity (Wildman–Crippen MR) is 339 cm³/mol. The summed E-state index contributed by atoms with van der Waals surface area (Å²) < 4.78 is 16.8. The van der Waals surface area contributed by atoms with Crippen LogP contribution in [-0.2, 0) is 28.6 Å². The van der Waals surface area contributed by atoms with E-state index >= 15 is 0 Å². The van der Waals surface area contributed by atoms with Crippen LogP contribution in [0.25, 0.3) is 0 Å². The zero-order valence-corrected chi connectivity index (χ0v) is 50.6. The van der Waals surface area contributed by atoms with Crippen molar-refractivity contribution >= 4 is 17.9 Å². The Kier molecular flexibility index (Phi) is 61.4. The smallest absolute Gasteiger partial charge is 0.306 e. The molecule has 0 aliphatic carbocycles. The number of ether oxygens (including phenoxy) is 3. The van der Waals surface area contributed by atoms with Crippen molar-refractivity contribution in [1.82, 2.24) is 0 Å². The molecule has 0 N–H and O–H groups in total. The summed E-state index contributed by atoms with van der Waals surface area (Å²) in [5.41, 5.74) is 0. The molecule has 0 aromatic heterocycles. The van der Waals surface area contributed by atoms with Crippen molar-refractivity contribution in [1.29, 1.82) is 0 Å². The number of esters is 3. The van der Waals surface area contributed by atoms with E-state index in [2.05, 4.69) is 154 Å². The highest BCUT2D eigenvalue weighted by atomic mass is 16.6. The minimum absolute atomic E-state index is 0.0969. The van der Waals surface area contributed by atoms with Gasteiger partial charge in [-0.2, -0.15) is 0 Å². The maximum absolute atomic E-state index is 12.9. The maximum Gasteiger partial charge on any atom is 0.306 e. The number of hydrogen-bond acceptors (Lipinski definition) is 6. The van der Waals surface area contributed by atoms with E-state index in [9.17, 15) is 14.4 Å². The first kappa shape index (κ1) is 73.5. The number of rotatable bonds is 57. The lowest BCUT2D eigenvalue weighted by Gasteiger charge is -2.18. The van der Waals surface area contributed by atoms with E-state index in [4.69, 9.17) is 14.2 Å². The highest BCUT2D eigenvalue weighted by Gasteiger charge is 2.19. The zero-order valence-electron chi connectivity index (χ0n) is 50.6. The summed E-state index contributed by atoms with van der Waals surface area (Å²) in [7, 11) is 0. The van der Waals surface area contributed by atoms with Crippen molar-refractivity contribution in [3.63, 3.8) is 0 Å². The van der Waals surface area contributed by atoms with E-state index in [0.717, 1.165) is 128 Å². The normalized spacial score (nSPS) is 13.0. The molecule has 0 radical (unpaired) electrons. The summed E-state index contributed by atoms with van der Waals surface area (Å²) in [5, 5.41) is 0. The van der Waals surface area contributed by atoms with Gasteiger partial charge in [-0.3, -0.25) is 14.4 Å². The SMILES string of the molecule is CC/C=C\C/C=C\C/C=C\C/C=C\C/C=C\C/C=C\C/C=C\C/C=C\C/C=C\C/C=C\CCCCC(=O)OCC(COC(=O)CCCCCCC/C=C\CCCC)OC(=O)CCCCCCCCCCCCCCCCCC. The predicted octanol–water partition coefficient (Wildman–Crippen LogP) is 22.2. The van der Waals surface area contributed by atoms with Gasteiger partial charge in [0.25, 0.3) is 0 Å². The minimum atomic E-state index is -0.801. The van der Waals surface area contributed by atoms with E-state index in [-0.39, 0.29) is 31.1 Å². The van der Waals surface area contributed by atoms with Gasteiger partial charge >= 0.3 is 17.9 Å². The van der Waals surface area contributed by atoms with Crippen LogP contribution < -0.4 is 0 Å². The number of allylic oxidation sites excluding steroid dienone is 22. The number of carbonyl (C=O) groups excluding carboxylic acids is 3. The number of carbonyl (C=O) groups is 3. The van der Waals surface area contributed by atoms with Crippen molar-refractivity contribution in [3.05, 3.63) is 134 Å². The van der Waals surface area contributed by atoms with Crippen molar-refractivity contribution in [2.75, 3.05) is 13.2 Å². The number of hydrogen-bond donors (Lipinski definition) is 0. The molecule has 0 saturated carbocycles. The molecule has 442 valence electrons. The Bertz CT molecular complexity index is 1670. The fourth-order valence-corrected chi connectivity index (χ4v) is 8.57. The molecule has 0 rings (SSSR count). The molecule has 0 fully saturated rings. The Morgan fingerprint density at radius 2 is 0.513 bits per heavy atom. The second-order valence-corrected chi connectivity index (χ2v) is 20.9. The molecule has 78 heavy (non-hydrogen) atoms. The second-order valence-electron chi connectivity index (χ2n) is 20.9. The van der Waals surface area contributed by atoms with Crippen molar-refractivity contribution < 1.29 is 28.6 Å². The summed E-state index contributed by atoms with van der Waals surface area (Å²) >= 11 is 0. The summed E-state index contributed by atoms with van der Waals surface area (Å²) in [5.74, 6) is -0.948. The molecule has 6 heteroatoms. The van der Waals surface area contributed by atoms with Gasteiger partial charge in [0.05, 0.1) is 0 Å². The lowest BCUT2D eigenvalue weighted by atomic mass is 10.0. The molecular formula is C72H118O6. The van der Waals surface area contributed by atoms with Crippen LogP contribution in [0.15, 0.2) is 134 Å². The zero-order chi connectivity index (χ0) is 56.4. The van der Waals surface area contributed by atoms with Gasteiger partial charge in [0.1, 0.15) is 13.2 Å². The Balaban J connectivity index is 4.34. The van der Waals surface area contributed by atoms with Gasteiger partial charge in [0, 0.05) is 19.3 Å². The van der Waals surface area contributed by atoms with Crippen LogP contribution in [0.5, 0.6) is 0 Å². The summed E-state index contributed by atoms with van der Waals surface area (Å²) in [6.45, 7) is 6.45. The minimum Gasteiger partial charge on any atom is -0.462 e. The quantitative estimate of drug-likeness (QED) is 0.0261. The Morgan fingerprint density at radius 1 is 0.269 bits per heavy atom. The van der Waals surface area contributed by atoms with Gasteiger partial charge in [-0.05, 0) is 116 Å². The van der Waals surface area contributed by atoms with Gasteiger partial charge in [0.2, 0.25) is 0 Å². The first-order valence-corrected chi connectivity index (χ1v) is 32.2. The van der Waals surface area contributed by atoms with E-state index < -0.39 is 6.10 Å². The van der Waals surface area contributed by atoms with Gasteiger partial charge in [-0.1, -0.05) is 283 Å². The molecule has 6 nitrogen and oxygen atoms in total. The van der Waals surface area contributed by atoms with Gasteiger partial charge in [0.15, 0.2) is 6.10 Å². The highest BCUT2D eigenvalue weighted by molar-refractivity contribution is 5.71. The second kappa shape index (κ2) is 65.1. The van der Waals surface area contributed by atoms with Crippen LogP contribution in [0.2, 0.25) is 0 Å². The Hall–Kier alpha value is -4.45. The maximum atomic E-state index is 12.9. The van der Waals surface area contributed by atoms with Crippen LogP contribution in [0.3, 0.4) is 0 Å². The fraction of sp³-hybridized carbons (Fsp3) is 0.653. The molecule has 0 saturated heterocycles. The van der Waals surface area contributed by atoms with Crippen molar-refractivity contribution in [2.24, 2.45) is 0 Å². The molecule has 0 aromatic rings. The van der Waals surface area contributed by atoms with Crippen LogP contribution in [0, 0.1) is 0 Å². The third-order valence-corrected chi connectivity index (χ3v) is 13.4. The fourth-order valence-electron chi connectivity index (χ4n) is 8.57. The summed E-state index contributed by atoms with van der Waals surface area (Å²) in [4.78, 5) is 38.2. The monoisotopic (exact) mass is 1080 g/mol. The van der Waals surface area contributed by atoms with Crippen LogP contribution >= 0.6 is 0 Å². The van der Waals surface area contributed by atoms with Crippen LogP contribution in [-0.4, -0.2) is 37.2 Å². The molecule has 0 spiro atoms. The average molecular weight is 1080 g/mol.